The number of imidazole rings is 1. The van der Waals surface area contributed by atoms with Crippen molar-refractivity contribution in [2.75, 3.05) is 12.3 Å². The van der Waals surface area contributed by atoms with Crippen molar-refractivity contribution in [2.24, 2.45) is 11.8 Å². The predicted molar refractivity (Wildman–Crippen MR) is 143 cm³/mol. The molecule has 1 saturated heterocycles. The highest BCUT2D eigenvalue weighted by atomic mass is 32.2. The van der Waals surface area contributed by atoms with Gasteiger partial charge in [-0.1, -0.05) is 6.92 Å². The Hall–Kier alpha value is -3.75. The molecule has 204 valence electrons. The van der Waals surface area contributed by atoms with Crippen LogP contribution < -0.4 is 5.32 Å². The maximum Gasteiger partial charge on any atom is 0.355 e. The Kier molecular flexibility index (Phi) is 7.42. The lowest BCUT2D eigenvalue weighted by Crippen LogP contribution is -2.63. The van der Waals surface area contributed by atoms with Crippen LogP contribution >= 0.6 is 23.1 Å². The molecule has 5 rings (SSSR count). The zero-order chi connectivity index (χ0) is 27.8. The molecule has 0 radical (unpaired) electrons. The molecule has 0 bridgehead atoms. The first-order chi connectivity index (χ1) is 18.7. The van der Waals surface area contributed by atoms with Gasteiger partial charge in [0, 0.05) is 42.1 Å². The van der Waals surface area contributed by atoms with E-state index in [1.54, 1.807) is 13.3 Å². The highest BCUT2D eigenvalue weighted by Gasteiger charge is 2.60. The number of amides is 2. The molecular formula is C25H25N5O7S2. The first-order valence-electron chi connectivity index (χ1n) is 12.1. The van der Waals surface area contributed by atoms with E-state index in [9.17, 15) is 29.6 Å². The third kappa shape index (κ3) is 4.79. The number of non-ortho nitro benzene ring substituents is 1. The summed E-state index contributed by atoms with van der Waals surface area (Å²) < 4.78 is 7.45. The Labute approximate surface area is 230 Å². The number of aliphatic hydroxyl groups is 1. The molecule has 4 atom stereocenters. The number of ether oxygens (including phenoxy) is 1. The second-order valence-electron chi connectivity index (χ2n) is 9.29. The van der Waals surface area contributed by atoms with Gasteiger partial charge in [-0.2, -0.15) is 0 Å². The molecular weight excluding hydrogens is 546 g/mol. The molecule has 14 heteroatoms. The molecule has 39 heavy (non-hydrogen) atoms. The Bertz CT molecular complexity index is 1480. The number of thioether (sulfide) groups is 1. The van der Waals surface area contributed by atoms with E-state index in [0.29, 0.717) is 29.8 Å². The molecule has 2 aliphatic rings. The topological polar surface area (TPSA) is 156 Å². The van der Waals surface area contributed by atoms with Crippen LogP contribution in [0.3, 0.4) is 0 Å². The third-order valence-corrected chi connectivity index (χ3v) is 9.15. The van der Waals surface area contributed by atoms with Crippen molar-refractivity contribution >= 4 is 57.5 Å². The van der Waals surface area contributed by atoms with E-state index in [1.807, 2.05) is 17.5 Å². The lowest BCUT2D eigenvalue weighted by atomic mass is 9.77. The van der Waals surface area contributed by atoms with Gasteiger partial charge >= 0.3 is 5.97 Å². The summed E-state index contributed by atoms with van der Waals surface area (Å²) in [5, 5.41) is 24.6. The summed E-state index contributed by atoms with van der Waals surface area (Å²) in [5.74, 6) is -1.24. The first-order valence-corrected chi connectivity index (χ1v) is 14.0. The van der Waals surface area contributed by atoms with E-state index < -0.39 is 22.9 Å². The fraction of sp³-hybridized carbons (Fsp3) is 0.360. The van der Waals surface area contributed by atoms with Gasteiger partial charge in [0.1, 0.15) is 28.5 Å². The number of hydrogen-bond acceptors (Lipinski definition) is 10. The molecule has 0 spiro atoms. The van der Waals surface area contributed by atoms with E-state index in [1.165, 1.54) is 52.3 Å². The minimum atomic E-state index is -0.871. The molecule has 1 fully saturated rings. The SMILES string of the molecule is C[C@@H](O)[C@H]1C(=O)N2C(C(=O)OCc3ccc([N+](=O)[O-])cc3)=C(c3cn4cnc(SCCNC=O)c4s3)[C@H](C)[C@H]12. The van der Waals surface area contributed by atoms with E-state index in [4.69, 9.17) is 4.74 Å². The van der Waals surface area contributed by atoms with Crippen molar-refractivity contribution in [3.05, 3.63) is 63.0 Å². The normalized spacial score (nSPS) is 21.1. The molecule has 3 aromatic rings. The number of rotatable bonds is 11. The number of hydrogen-bond donors (Lipinski definition) is 2. The molecule has 2 aliphatic heterocycles. The van der Waals surface area contributed by atoms with Crippen molar-refractivity contribution in [2.45, 2.75) is 37.6 Å². The van der Waals surface area contributed by atoms with E-state index in [0.717, 1.165) is 14.7 Å². The monoisotopic (exact) mass is 571 g/mol. The molecule has 1 aromatic carbocycles. The fourth-order valence-corrected chi connectivity index (χ4v) is 7.26. The maximum absolute atomic E-state index is 13.5. The van der Waals surface area contributed by atoms with Crippen LogP contribution in [-0.4, -0.2) is 67.0 Å². The largest absolute Gasteiger partial charge is 0.456 e. The quantitative estimate of drug-likeness (QED) is 0.0671. The summed E-state index contributed by atoms with van der Waals surface area (Å²) >= 11 is 2.93. The van der Waals surface area contributed by atoms with Gasteiger partial charge in [-0.05, 0) is 24.6 Å². The number of β-lactam (4-membered cyclic amide) rings is 1. The molecule has 0 unspecified atom stereocenters. The van der Waals surface area contributed by atoms with Crippen LogP contribution in [0.1, 0.15) is 24.3 Å². The molecule has 2 aromatic heterocycles. The number of esters is 1. The Morgan fingerprint density at radius 3 is 2.79 bits per heavy atom. The van der Waals surface area contributed by atoms with Crippen LogP contribution in [0.4, 0.5) is 5.69 Å². The number of nitrogens with zero attached hydrogens (tertiary/aromatic N) is 4. The van der Waals surface area contributed by atoms with Crippen LogP contribution in [0.15, 0.2) is 47.5 Å². The number of nitro groups is 1. The van der Waals surface area contributed by atoms with Crippen molar-refractivity contribution in [1.29, 1.82) is 0 Å². The summed E-state index contributed by atoms with van der Waals surface area (Å²) in [4.78, 5) is 55.0. The van der Waals surface area contributed by atoms with Crippen molar-refractivity contribution in [3.8, 4) is 0 Å². The van der Waals surface area contributed by atoms with Gasteiger partial charge in [-0.25, -0.2) is 9.78 Å². The number of benzene rings is 1. The van der Waals surface area contributed by atoms with Crippen molar-refractivity contribution in [1.82, 2.24) is 19.6 Å². The van der Waals surface area contributed by atoms with Crippen LogP contribution in [-0.2, 0) is 25.7 Å². The van der Waals surface area contributed by atoms with Gasteiger partial charge in [0.2, 0.25) is 12.3 Å². The summed E-state index contributed by atoms with van der Waals surface area (Å²) in [6, 6.07) is 5.32. The van der Waals surface area contributed by atoms with Crippen LogP contribution in [0.5, 0.6) is 0 Å². The summed E-state index contributed by atoms with van der Waals surface area (Å²) in [5.41, 5.74) is 1.31. The van der Waals surface area contributed by atoms with Crippen LogP contribution in [0.2, 0.25) is 0 Å². The average molecular weight is 572 g/mol. The van der Waals surface area contributed by atoms with Gasteiger partial charge in [-0.15, -0.1) is 23.1 Å². The smallest absolute Gasteiger partial charge is 0.355 e. The van der Waals surface area contributed by atoms with Gasteiger partial charge in [0.25, 0.3) is 5.69 Å². The Balaban J connectivity index is 1.45. The predicted octanol–water partition coefficient (Wildman–Crippen LogP) is 2.45. The Morgan fingerprint density at radius 2 is 2.13 bits per heavy atom. The van der Waals surface area contributed by atoms with Gasteiger partial charge in [0.15, 0.2) is 0 Å². The minimum Gasteiger partial charge on any atom is -0.456 e. The molecule has 2 N–H and O–H groups in total. The first kappa shape index (κ1) is 26.8. The molecule has 2 amide bonds. The number of nitrogens with one attached hydrogen (secondary N) is 1. The standard InChI is InChI=1S/C25H25N5O7S2/c1-13-18(17-9-28-11-27-22(24(28)39-17)38-8-7-26-12-31)21(29-20(13)19(14(2)32)23(29)33)25(34)37-10-15-3-5-16(6-4-15)30(35)36/h3-6,9,11-14,19-20,32H,7-8,10H2,1-2H3,(H,26,31)/t13-,14+,19+,20+/m0/s1. The van der Waals surface area contributed by atoms with Crippen molar-refractivity contribution in [3.63, 3.8) is 0 Å². The number of aromatic nitrogens is 2. The second-order valence-corrected chi connectivity index (χ2v) is 11.4. The summed E-state index contributed by atoms with van der Waals surface area (Å²) in [6.45, 7) is 3.87. The molecule has 12 nitrogen and oxygen atoms in total. The lowest BCUT2D eigenvalue weighted by molar-refractivity contribution is -0.384. The van der Waals surface area contributed by atoms with Gasteiger partial charge in [-0.3, -0.25) is 24.1 Å². The zero-order valence-electron chi connectivity index (χ0n) is 21.0. The van der Waals surface area contributed by atoms with Crippen LogP contribution in [0, 0.1) is 22.0 Å². The summed E-state index contributed by atoms with van der Waals surface area (Å²) in [7, 11) is 0. The number of nitro benzene ring substituents is 1. The van der Waals surface area contributed by atoms with Gasteiger partial charge < -0.3 is 20.1 Å². The second kappa shape index (κ2) is 10.8. The highest BCUT2D eigenvalue weighted by Crippen LogP contribution is 2.52. The zero-order valence-corrected chi connectivity index (χ0v) is 22.6. The number of aliphatic hydroxyl groups excluding tert-OH is 1. The van der Waals surface area contributed by atoms with E-state index in [-0.39, 0.29) is 35.9 Å². The minimum absolute atomic E-state index is 0.0704. The maximum atomic E-state index is 13.5. The van der Waals surface area contributed by atoms with Gasteiger partial charge in [0.05, 0.1) is 27.9 Å². The molecule has 0 saturated carbocycles. The van der Waals surface area contributed by atoms with Crippen LogP contribution in [0.25, 0.3) is 10.4 Å². The number of thiazole rings is 1. The van der Waals surface area contributed by atoms with E-state index in [2.05, 4.69) is 10.3 Å². The number of carbonyl (C=O) groups is 3. The average Bonchev–Trinajstić information content (AvgIpc) is 3.55. The highest BCUT2D eigenvalue weighted by molar-refractivity contribution is 7.99. The number of fused-ring (bicyclic) bond motifs is 2. The third-order valence-electron chi connectivity index (χ3n) is 6.90. The van der Waals surface area contributed by atoms with E-state index >= 15 is 0 Å². The lowest BCUT2D eigenvalue weighted by Gasteiger charge is -2.46. The number of carbonyl (C=O) groups excluding carboxylic acids is 3. The van der Waals surface area contributed by atoms with Crippen molar-refractivity contribution < 1.29 is 29.2 Å². The summed E-state index contributed by atoms with van der Waals surface area (Å²) in [6.07, 6.45) is 3.32. The fourth-order valence-electron chi connectivity index (χ4n) is 5.08. The molecule has 0 aliphatic carbocycles. The Morgan fingerprint density at radius 1 is 1.38 bits per heavy atom. The molecule has 4 heterocycles.